The van der Waals surface area contributed by atoms with Crippen LogP contribution in [-0.2, 0) is 6.42 Å². The first-order chi connectivity index (χ1) is 11.0. The van der Waals surface area contributed by atoms with Gasteiger partial charge in [-0.25, -0.2) is 0 Å². The standard InChI is InChI=1S/C20H20O3/c1-14(2)8-10-16-12-17(20(23)13-19(16)22)18(21)11-9-15-6-4-3-5-7-15/h3-9,11-13,22-23H,10H2,1-2H3/b11-9+. The summed E-state index contributed by atoms with van der Waals surface area (Å²) in [6.07, 6.45) is 5.59. The van der Waals surface area contributed by atoms with Crippen molar-refractivity contribution in [3.63, 3.8) is 0 Å². The quantitative estimate of drug-likeness (QED) is 0.485. The van der Waals surface area contributed by atoms with Crippen LogP contribution in [0.4, 0.5) is 0 Å². The zero-order valence-electron chi connectivity index (χ0n) is 13.3. The fourth-order valence-corrected chi connectivity index (χ4v) is 2.12. The molecular formula is C20H20O3. The minimum atomic E-state index is -0.301. The molecule has 0 bridgehead atoms. The molecule has 2 rings (SSSR count). The Bertz CT molecular complexity index is 752. The molecule has 2 aromatic rings. The number of hydrogen-bond donors (Lipinski definition) is 2. The van der Waals surface area contributed by atoms with E-state index in [1.807, 2.05) is 50.3 Å². The van der Waals surface area contributed by atoms with E-state index in [1.54, 1.807) is 12.1 Å². The van der Waals surface area contributed by atoms with Gasteiger partial charge in [0.15, 0.2) is 5.78 Å². The SMILES string of the molecule is CC(C)=CCc1cc(C(=O)/C=C/c2ccccc2)c(O)cc1O. The first kappa shape index (κ1) is 16.6. The van der Waals surface area contributed by atoms with Crippen molar-refractivity contribution in [2.45, 2.75) is 20.3 Å². The van der Waals surface area contributed by atoms with Crippen molar-refractivity contribution >= 4 is 11.9 Å². The zero-order valence-corrected chi connectivity index (χ0v) is 13.3. The Kier molecular flexibility index (Phi) is 5.36. The minimum absolute atomic E-state index is 0.0106. The van der Waals surface area contributed by atoms with Crippen molar-refractivity contribution in [3.05, 3.63) is 76.9 Å². The number of benzene rings is 2. The van der Waals surface area contributed by atoms with Crippen LogP contribution >= 0.6 is 0 Å². The van der Waals surface area contributed by atoms with Crippen LogP contribution in [0, 0.1) is 0 Å². The topological polar surface area (TPSA) is 57.5 Å². The first-order valence-electron chi connectivity index (χ1n) is 7.43. The summed E-state index contributed by atoms with van der Waals surface area (Å²) < 4.78 is 0. The van der Waals surface area contributed by atoms with E-state index in [0.717, 1.165) is 11.1 Å². The van der Waals surface area contributed by atoms with Gasteiger partial charge in [0.25, 0.3) is 0 Å². The maximum Gasteiger partial charge on any atom is 0.189 e. The van der Waals surface area contributed by atoms with Crippen LogP contribution in [0.15, 0.2) is 60.2 Å². The molecular weight excluding hydrogens is 288 g/mol. The lowest BCUT2D eigenvalue weighted by molar-refractivity contribution is 0.104. The molecule has 0 saturated heterocycles. The van der Waals surface area contributed by atoms with Gasteiger partial charge in [-0.2, -0.15) is 0 Å². The molecule has 118 valence electrons. The summed E-state index contributed by atoms with van der Waals surface area (Å²) in [7, 11) is 0. The molecule has 0 aliphatic rings. The monoisotopic (exact) mass is 308 g/mol. The lowest BCUT2D eigenvalue weighted by atomic mass is 10.0. The molecule has 0 aromatic heterocycles. The number of aromatic hydroxyl groups is 2. The van der Waals surface area contributed by atoms with Gasteiger partial charge in [-0.15, -0.1) is 0 Å². The van der Waals surface area contributed by atoms with Crippen molar-refractivity contribution in [1.82, 2.24) is 0 Å². The molecule has 3 heteroatoms. The van der Waals surface area contributed by atoms with E-state index in [0.29, 0.717) is 12.0 Å². The number of hydrogen-bond acceptors (Lipinski definition) is 3. The predicted octanol–water partition coefficient (Wildman–Crippen LogP) is 4.50. The lowest BCUT2D eigenvalue weighted by Crippen LogP contribution is -1.97. The highest BCUT2D eigenvalue weighted by Crippen LogP contribution is 2.29. The summed E-state index contributed by atoms with van der Waals surface area (Å²) >= 11 is 0. The Morgan fingerprint density at radius 1 is 1.04 bits per heavy atom. The van der Waals surface area contributed by atoms with Gasteiger partial charge in [0, 0.05) is 6.07 Å². The summed E-state index contributed by atoms with van der Waals surface area (Å²) in [6, 6.07) is 12.2. The van der Waals surface area contributed by atoms with E-state index in [-0.39, 0.29) is 22.8 Å². The van der Waals surface area contributed by atoms with Gasteiger partial charge < -0.3 is 10.2 Å². The van der Waals surface area contributed by atoms with Crippen molar-refractivity contribution in [2.24, 2.45) is 0 Å². The highest BCUT2D eigenvalue weighted by atomic mass is 16.3. The molecule has 0 atom stereocenters. The highest BCUT2D eigenvalue weighted by Gasteiger charge is 2.12. The van der Waals surface area contributed by atoms with E-state index in [9.17, 15) is 15.0 Å². The molecule has 0 heterocycles. The average molecular weight is 308 g/mol. The Hall–Kier alpha value is -2.81. The second-order valence-electron chi connectivity index (χ2n) is 5.59. The number of allylic oxidation sites excluding steroid dienone is 3. The normalized spacial score (nSPS) is 10.7. The summed E-state index contributed by atoms with van der Waals surface area (Å²) in [5.74, 6) is -0.528. The number of ketones is 1. The first-order valence-corrected chi connectivity index (χ1v) is 7.43. The Morgan fingerprint density at radius 3 is 2.39 bits per heavy atom. The number of carbonyl (C=O) groups excluding carboxylic acids is 1. The fourth-order valence-electron chi connectivity index (χ4n) is 2.12. The van der Waals surface area contributed by atoms with Gasteiger partial charge in [0.05, 0.1) is 5.56 Å². The minimum Gasteiger partial charge on any atom is -0.508 e. The van der Waals surface area contributed by atoms with Gasteiger partial charge in [-0.3, -0.25) is 4.79 Å². The van der Waals surface area contributed by atoms with Gasteiger partial charge in [-0.05, 0) is 43.5 Å². The number of phenols is 2. The maximum absolute atomic E-state index is 12.3. The molecule has 0 aliphatic heterocycles. The molecule has 2 N–H and O–H groups in total. The molecule has 2 aromatic carbocycles. The molecule has 0 unspecified atom stereocenters. The molecule has 23 heavy (non-hydrogen) atoms. The van der Waals surface area contributed by atoms with E-state index in [1.165, 1.54) is 12.1 Å². The van der Waals surface area contributed by atoms with Gasteiger partial charge in [0.2, 0.25) is 0 Å². The van der Waals surface area contributed by atoms with Crippen LogP contribution in [0.5, 0.6) is 11.5 Å². The van der Waals surface area contributed by atoms with Crippen molar-refractivity contribution in [1.29, 1.82) is 0 Å². The van der Waals surface area contributed by atoms with E-state index in [4.69, 9.17) is 0 Å². The number of carbonyl (C=O) groups is 1. The van der Waals surface area contributed by atoms with Crippen LogP contribution in [0.25, 0.3) is 6.08 Å². The smallest absolute Gasteiger partial charge is 0.189 e. The second kappa shape index (κ2) is 7.45. The molecule has 0 radical (unpaired) electrons. The summed E-state index contributed by atoms with van der Waals surface area (Å²) in [5, 5.41) is 19.8. The largest absolute Gasteiger partial charge is 0.508 e. The molecule has 3 nitrogen and oxygen atoms in total. The maximum atomic E-state index is 12.3. The molecule has 0 spiro atoms. The molecule has 0 amide bonds. The highest BCUT2D eigenvalue weighted by molar-refractivity contribution is 6.08. The van der Waals surface area contributed by atoms with E-state index >= 15 is 0 Å². The second-order valence-corrected chi connectivity index (χ2v) is 5.59. The third-order valence-electron chi connectivity index (χ3n) is 3.42. The summed E-state index contributed by atoms with van der Waals surface area (Å²) in [4.78, 5) is 12.3. The van der Waals surface area contributed by atoms with E-state index < -0.39 is 0 Å². The summed E-state index contributed by atoms with van der Waals surface area (Å²) in [6.45, 7) is 3.93. The zero-order chi connectivity index (χ0) is 16.8. The van der Waals surface area contributed by atoms with Gasteiger partial charge in [0.1, 0.15) is 11.5 Å². The molecule has 0 fully saturated rings. The van der Waals surface area contributed by atoms with Crippen LogP contribution < -0.4 is 0 Å². The number of phenolic OH excluding ortho intramolecular Hbond substituents is 2. The number of rotatable bonds is 5. The van der Waals surface area contributed by atoms with Crippen molar-refractivity contribution in [3.8, 4) is 11.5 Å². The lowest BCUT2D eigenvalue weighted by Gasteiger charge is -2.07. The Morgan fingerprint density at radius 2 is 1.74 bits per heavy atom. The van der Waals surface area contributed by atoms with Gasteiger partial charge >= 0.3 is 0 Å². The molecule has 0 saturated carbocycles. The van der Waals surface area contributed by atoms with Crippen LogP contribution in [0.2, 0.25) is 0 Å². The Balaban J connectivity index is 2.27. The van der Waals surface area contributed by atoms with Crippen molar-refractivity contribution < 1.29 is 15.0 Å². The molecule has 0 aliphatic carbocycles. The van der Waals surface area contributed by atoms with Crippen molar-refractivity contribution in [2.75, 3.05) is 0 Å². The third kappa shape index (κ3) is 4.58. The van der Waals surface area contributed by atoms with Crippen LogP contribution in [0.3, 0.4) is 0 Å². The average Bonchev–Trinajstić information content (AvgIpc) is 2.52. The summed E-state index contributed by atoms with van der Waals surface area (Å²) in [5.41, 5.74) is 2.82. The van der Waals surface area contributed by atoms with Gasteiger partial charge in [-0.1, -0.05) is 48.1 Å². The third-order valence-corrected chi connectivity index (χ3v) is 3.42. The van der Waals surface area contributed by atoms with Crippen LogP contribution in [0.1, 0.15) is 35.3 Å². The van der Waals surface area contributed by atoms with Crippen LogP contribution in [-0.4, -0.2) is 16.0 Å². The van der Waals surface area contributed by atoms with E-state index in [2.05, 4.69) is 0 Å². The predicted molar refractivity (Wildman–Crippen MR) is 92.7 cm³/mol. The fraction of sp³-hybridized carbons (Fsp3) is 0.150. The Labute approximate surface area is 136 Å².